The predicted molar refractivity (Wildman–Crippen MR) is 98.2 cm³/mol. The van der Waals surface area contributed by atoms with E-state index in [0.29, 0.717) is 16.4 Å². The highest BCUT2D eigenvalue weighted by molar-refractivity contribution is 7.80. The van der Waals surface area contributed by atoms with E-state index in [0.717, 1.165) is 23.2 Å². The van der Waals surface area contributed by atoms with Gasteiger partial charge in [-0.25, -0.2) is 4.39 Å². The van der Waals surface area contributed by atoms with Gasteiger partial charge in [0.1, 0.15) is 11.5 Å². The van der Waals surface area contributed by atoms with E-state index in [1.54, 1.807) is 25.1 Å². The molecule has 0 spiro atoms. The number of carbonyl (C=O) groups is 1. The second-order valence-corrected chi connectivity index (χ2v) is 6.01. The fourth-order valence-electron chi connectivity index (χ4n) is 2.71. The van der Waals surface area contributed by atoms with E-state index >= 15 is 0 Å². The Hall–Kier alpha value is -2.53. The summed E-state index contributed by atoms with van der Waals surface area (Å²) in [6.45, 7) is 3.73. The molecule has 1 aliphatic rings. The number of halogens is 1. The lowest BCUT2D eigenvalue weighted by Crippen LogP contribution is -2.31. The first kappa shape index (κ1) is 16.3. The summed E-state index contributed by atoms with van der Waals surface area (Å²) in [4.78, 5) is 14.3. The van der Waals surface area contributed by atoms with Crippen LogP contribution in [0, 0.1) is 12.7 Å². The fourth-order valence-corrected chi connectivity index (χ4v) is 3.00. The highest BCUT2D eigenvalue weighted by Crippen LogP contribution is 2.26. The van der Waals surface area contributed by atoms with Gasteiger partial charge in [-0.3, -0.25) is 9.69 Å². The standard InChI is InChI=1S/C19H17FN2OS/c1-3-14-6-4-5-7-17(14)22-18(23)16(21-19(22)24)11-13-8-9-15(20)12(2)10-13/h4-11H,3H2,1-2H3,(H,21,24). The lowest BCUT2D eigenvalue weighted by Gasteiger charge is -2.17. The number of hydrogen-bond donors (Lipinski definition) is 1. The first-order chi connectivity index (χ1) is 11.5. The molecule has 0 unspecified atom stereocenters. The van der Waals surface area contributed by atoms with Crippen LogP contribution in [-0.2, 0) is 11.2 Å². The quantitative estimate of drug-likeness (QED) is 0.678. The smallest absolute Gasteiger partial charge is 0.281 e. The van der Waals surface area contributed by atoms with Crippen molar-refractivity contribution >= 4 is 35.0 Å². The molecule has 122 valence electrons. The van der Waals surface area contributed by atoms with E-state index in [4.69, 9.17) is 12.2 Å². The molecular formula is C19H17FN2OS. The topological polar surface area (TPSA) is 32.3 Å². The monoisotopic (exact) mass is 340 g/mol. The molecule has 24 heavy (non-hydrogen) atoms. The van der Waals surface area contributed by atoms with Crippen molar-refractivity contribution in [2.24, 2.45) is 0 Å². The van der Waals surface area contributed by atoms with Crippen molar-refractivity contribution in [3.63, 3.8) is 0 Å². The summed E-state index contributed by atoms with van der Waals surface area (Å²) in [5.41, 5.74) is 3.51. The normalized spacial score (nSPS) is 16.0. The van der Waals surface area contributed by atoms with Gasteiger partial charge in [0.25, 0.3) is 5.91 Å². The summed E-state index contributed by atoms with van der Waals surface area (Å²) >= 11 is 5.34. The zero-order valence-electron chi connectivity index (χ0n) is 13.5. The van der Waals surface area contributed by atoms with E-state index in [1.807, 2.05) is 31.2 Å². The molecular weight excluding hydrogens is 323 g/mol. The van der Waals surface area contributed by atoms with E-state index < -0.39 is 0 Å². The zero-order valence-corrected chi connectivity index (χ0v) is 14.3. The molecule has 0 bridgehead atoms. The molecule has 0 aromatic heterocycles. The average Bonchev–Trinajstić information content (AvgIpc) is 2.85. The first-order valence-electron chi connectivity index (χ1n) is 7.72. The van der Waals surface area contributed by atoms with Crippen LogP contribution in [0.5, 0.6) is 0 Å². The van der Waals surface area contributed by atoms with Crippen LogP contribution in [-0.4, -0.2) is 11.0 Å². The third-order valence-electron chi connectivity index (χ3n) is 3.98. The molecule has 3 rings (SSSR count). The van der Waals surface area contributed by atoms with Gasteiger partial charge in [0, 0.05) is 0 Å². The molecule has 2 aromatic carbocycles. The molecule has 3 nitrogen and oxygen atoms in total. The number of hydrogen-bond acceptors (Lipinski definition) is 2. The van der Waals surface area contributed by atoms with Gasteiger partial charge < -0.3 is 5.32 Å². The Labute approximate surface area is 145 Å². The molecule has 5 heteroatoms. The number of thiocarbonyl (C=S) groups is 1. The molecule has 1 aliphatic heterocycles. The number of aryl methyl sites for hydroxylation is 2. The lowest BCUT2D eigenvalue weighted by atomic mass is 10.1. The zero-order chi connectivity index (χ0) is 17.3. The number of amides is 1. The van der Waals surface area contributed by atoms with Gasteiger partial charge in [-0.15, -0.1) is 0 Å². The van der Waals surface area contributed by atoms with Crippen LogP contribution in [0.3, 0.4) is 0 Å². The number of rotatable bonds is 3. The van der Waals surface area contributed by atoms with Crippen LogP contribution in [0.2, 0.25) is 0 Å². The second kappa shape index (κ2) is 6.53. The first-order valence-corrected chi connectivity index (χ1v) is 8.13. The van der Waals surface area contributed by atoms with Gasteiger partial charge in [0.05, 0.1) is 5.69 Å². The summed E-state index contributed by atoms with van der Waals surface area (Å²) in [5, 5.41) is 3.31. The molecule has 0 saturated carbocycles. The minimum absolute atomic E-state index is 0.206. The molecule has 1 saturated heterocycles. The Kier molecular flexibility index (Phi) is 4.44. The molecule has 1 fully saturated rings. The highest BCUT2D eigenvalue weighted by atomic mass is 32.1. The summed E-state index contributed by atoms with van der Waals surface area (Å²) in [6.07, 6.45) is 2.49. The summed E-state index contributed by atoms with van der Waals surface area (Å²) in [7, 11) is 0. The highest BCUT2D eigenvalue weighted by Gasteiger charge is 2.32. The number of benzene rings is 2. The molecule has 0 atom stereocenters. The second-order valence-electron chi connectivity index (χ2n) is 5.62. The van der Waals surface area contributed by atoms with Crippen LogP contribution in [0.1, 0.15) is 23.6 Å². The van der Waals surface area contributed by atoms with Gasteiger partial charge in [-0.1, -0.05) is 31.2 Å². The third-order valence-corrected chi connectivity index (χ3v) is 4.27. The minimum atomic E-state index is -0.267. The molecule has 1 heterocycles. The molecule has 2 aromatic rings. The Bertz CT molecular complexity index is 860. The van der Waals surface area contributed by atoms with Crippen molar-refractivity contribution in [1.29, 1.82) is 0 Å². The average molecular weight is 340 g/mol. The lowest BCUT2D eigenvalue weighted by molar-refractivity contribution is -0.113. The summed E-state index contributed by atoms with van der Waals surface area (Å²) in [5.74, 6) is -0.472. The number of carbonyl (C=O) groups excluding carboxylic acids is 1. The molecule has 0 aliphatic carbocycles. The van der Waals surface area contributed by atoms with E-state index in [1.165, 1.54) is 11.0 Å². The maximum absolute atomic E-state index is 13.4. The van der Waals surface area contributed by atoms with E-state index in [2.05, 4.69) is 5.32 Å². The van der Waals surface area contributed by atoms with Crippen molar-refractivity contribution in [1.82, 2.24) is 5.32 Å². The van der Waals surface area contributed by atoms with Gasteiger partial charge in [0.2, 0.25) is 0 Å². The van der Waals surface area contributed by atoms with Crippen molar-refractivity contribution < 1.29 is 9.18 Å². The Morgan fingerprint density at radius 2 is 2.00 bits per heavy atom. The van der Waals surface area contributed by atoms with Crippen LogP contribution < -0.4 is 10.2 Å². The van der Waals surface area contributed by atoms with Gasteiger partial charge >= 0.3 is 0 Å². The largest absolute Gasteiger partial charge is 0.327 e. The number of nitrogens with zero attached hydrogens (tertiary/aromatic N) is 1. The molecule has 1 amide bonds. The van der Waals surface area contributed by atoms with Crippen LogP contribution in [0.25, 0.3) is 6.08 Å². The number of para-hydroxylation sites is 1. The maximum Gasteiger partial charge on any atom is 0.281 e. The SMILES string of the molecule is CCc1ccccc1N1C(=O)C(=Cc2ccc(F)c(C)c2)NC1=S. The molecule has 1 N–H and O–H groups in total. The summed E-state index contributed by atoms with van der Waals surface area (Å²) < 4.78 is 13.4. The number of anilines is 1. The number of nitrogens with one attached hydrogen (secondary N) is 1. The van der Waals surface area contributed by atoms with Crippen LogP contribution in [0.4, 0.5) is 10.1 Å². The van der Waals surface area contributed by atoms with E-state index in [-0.39, 0.29) is 11.7 Å². The van der Waals surface area contributed by atoms with E-state index in [9.17, 15) is 9.18 Å². The van der Waals surface area contributed by atoms with Crippen molar-refractivity contribution in [2.45, 2.75) is 20.3 Å². The fraction of sp³-hybridized carbons (Fsp3) is 0.158. The summed E-state index contributed by atoms with van der Waals surface area (Å²) in [6, 6.07) is 12.4. The van der Waals surface area contributed by atoms with Crippen LogP contribution in [0.15, 0.2) is 48.2 Å². The Morgan fingerprint density at radius 3 is 2.71 bits per heavy atom. The van der Waals surface area contributed by atoms with Crippen molar-refractivity contribution in [3.8, 4) is 0 Å². The van der Waals surface area contributed by atoms with Crippen molar-refractivity contribution in [3.05, 3.63) is 70.7 Å². The molecule has 0 radical (unpaired) electrons. The van der Waals surface area contributed by atoms with Gasteiger partial charge in [0.15, 0.2) is 5.11 Å². The van der Waals surface area contributed by atoms with Gasteiger partial charge in [-0.05, 0) is 66.5 Å². The van der Waals surface area contributed by atoms with Gasteiger partial charge in [-0.2, -0.15) is 0 Å². The minimum Gasteiger partial charge on any atom is -0.327 e. The van der Waals surface area contributed by atoms with Crippen LogP contribution >= 0.6 is 12.2 Å². The van der Waals surface area contributed by atoms with Crippen molar-refractivity contribution in [2.75, 3.05) is 4.90 Å². The Morgan fingerprint density at radius 1 is 1.25 bits per heavy atom. The Balaban J connectivity index is 1.97. The third kappa shape index (κ3) is 2.95. The predicted octanol–water partition coefficient (Wildman–Crippen LogP) is 3.96. The maximum atomic E-state index is 13.4.